The number of hydrogen-bond acceptors (Lipinski definition) is 5. The molecule has 1 saturated heterocycles. The van der Waals surface area contributed by atoms with Crippen LogP contribution in [-0.4, -0.2) is 60.4 Å². The molecular formula is C11H19N3O5. The van der Waals surface area contributed by atoms with Crippen LogP contribution in [0.2, 0.25) is 0 Å². The molecule has 0 radical (unpaired) electrons. The molecule has 1 aliphatic heterocycles. The summed E-state index contributed by atoms with van der Waals surface area (Å²) in [5.41, 5.74) is 0. The van der Waals surface area contributed by atoms with Crippen molar-refractivity contribution in [2.24, 2.45) is 5.92 Å². The zero-order valence-electron chi connectivity index (χ0n) is 11.2. The Labute approximate surface area is 111 Å². The Hall–Kier alpha value is -1.83. The number of hydrogen-bond donors (Lipinski definition) is 3. The quantitative estimate of drug-likeness (QED) is 0.619. The summed E-state index contributed by atoms with van der Waals surface area (Å²) in [6.07, 6.45) is -0.717. The van der Waals surface area contributed by atoms with Crippen LogP contribution >= 0.6 is 0 Å². The summed E-state index contributed by atoms with van der Waals surface area (Å²) in [6.45, 7) is 3.88. The van der Waals surface area contributed by atoms with Gasteiger partial charge in [-0.2, -0.15) is 0 Å². The molecule has 2 unspecified atom stereocenters. The third kappa shape index (κ3) is 3.57. The molecule has 0 aromatic carbocycles. The summed E-state index contributed by atoms with van der Waals surface area (Å²) in [5.74, 6) is -1.68. The van der Waals surface area contributed by atoms with Gasteiger partial charge < -0.3 is 20.1 Å². The van der Waals surface area contributed by atoms with Crippen LogP contribution in [0.1, 0.15) is 13.8 Å². The van der Waals surface area contributed by atoms with E-state index >= 15 is 0 Å². The van der Waals surface area contributed by atoms with Gasteiger partial charge in [-0.25, -0.2) is 9.59 Å². The first kappa shape index (κ1) is 15.2. The Kier molecular flexibility index (Phi) is 5.11. The molecule has 0 aliphatic carbocycles. The summed E-state index contributed by atoms with van der Waals surface area (Å²) in [6, 6.07) is -1.72. The number of nitrogens with zero attached hydrogens (tertiary/aromatic N) is 1. The van der Waals surface area contributed by atoms with Crippen molar-refractivity contribution >= 4 is 18.0 Å². The fourth-order valence-corrected chi connectivity index (χ4v) is 1.87. The minimum absolute atomic E-state index is 0.155. The van der Waals surface area contributed by atoms with Crippen LogP contribution in [0.4, 0.5) is 4.79 Å². The van der Waals surface area contributed by atoms with Crippen molar-refractivity contribution in [3.8, 4) is 0 Å². The van der Waals surface area contributed by atoms with E-state index in [4.69, 9.17) is 5.11 Å². The third-order valence-electron chi connectivity index (χ3n) is 2.96. The topological polar surface area (TPSA) is 108 Å². The van der Waals surface area contributed by atoms with E-state index in [9.17, 15) is 14.4 Å². The summed E-state index contributed by atoms with van der Waals surface area (Å²) in [4.78, 5) is 35.8. The van der Waals surface area contributed by atoms with E-state index in [1.54, 1.807) is 13.8 Å². The number of nitrogens with one attached hydrogen (secondary N) is 2. The van der Waals surface area contributed by atoms with Gasteiger partial charge >= 0.3 is 12.1 Å². The van der Waals surface area contributed by atoms with Gasteiger partial charge in [0.15, 0.2) is 0 Å². The lowest BCUT2D eigenvalue weighted by Gasteiger charge is -2.28. The molecule has 19 heavy (non-hydrogen) atoms. The SMILES string of the molecule is COC(=O)NC(C(=O)N1CNCC1C(=O)O)C(C)C. The first-order chi connectivity index (χ1) is 8.88. The molecule has 1 heterocycles. The monoisotopic (exact) mass is 273 g/mol. The van der Waals surface area contributed by atoms with Crippen molar-refractivity contribution in [1.29, 1.82) is 0 Å². The fraction of sp³-hybridized carbons (Fsp3) is 0.727. The lowest BCUT2D eigenvalue weighted by Crippen LogP contribution is -2.54. The molecule has 3 N–H and O–H groups in total. The van der Waals surface area contributed by atoms with Crippen molar-refractivity contribution in [1.82, 2.24) is 15.5 Å². The molecule has 2 atom stereocenters. The van der Waals surface area contributed by atoms with E-state index in [1.165, 1.54) is 12.0 Å². The molecule has 8 heteroatoms. The van der Waals surface area contributed by atoms with Crippen LogP contribution in [-0.2, 0) is 14.3 Å². The summed E-state index contributed by atoms with van der Waals surface area (Å²) < 4.78 is 4.47. The van der Waals surface area contributed by atoms with Gasteiger partial charge in [0.05, 0.1) is 13.8 Å². The minimum Gasteiger partial charge on any atom is -0.480 e. The predicted octanol–water partition coefficient (Wildman–Crippen LogP) is -0.790. The van der Waals surface area contributed by atoms with Gasteiger partial charge in [-0.15, -0.1) is 0 Å². The number of carboxylic acid groups (broad SMARTS) is 1. The molecule has 8 nitrogen and oxygen atoms in total. The maximum atomic E-state index is 12.3. The Bertz CT molecular complexity index is 371. The summed E-state index contributed by atoms with van der Waals surface area (Å²) in [7, 11) is 1.20. The molecule has 2 amide bonds. The Balaban J connectivity index is 2.81. The van der Waals surface area contributed by atoms with E-state index in [1.807, 2.05) is 0 Å². The van der Waals surface area contributed by atoms with Gasteiger partial charge in [0.2, 0.25) is 5.91 Å². The maximum Gasteiger partial charge on any atom is 0.407 e. The van der Waals surface area contributed by atoms with Crippen molar-refractivity contribution in [3.63, 3.8) is 0 Å². The van der Waals surface area contributed by atoms with E-state index in [2.05, 4.69) is 15.4 Å². The van der Waals surface area contributed by atoms with Crippen LogP contribution in [0.3, 0.4) is 0 Å². The van der Waals surface area contributed by atoms with Crippen molar-refractivity contribution in [3.05, 3.63) is 0 Å². The number of aliphatic carboxylic acids is 1. The van der Waals surface area contributed by atoms with Crippen LogP contribution in [0.15, 0.2) is 0 Å². The van der Waals surface area contributed by atoms with E-state index in [-0.39, 0.29) is 19.1 Å². The molecule has 0 saturated carbocycles. The predicted molar refractivity (Wildman–Crippen MR) is 65.3 cm³/mol. The van der Waals surface area contributed by atoms with Crippen LogP contribution in [0.5, 0.6) is 0 Å². The molecule has 1 aliphatic rings. The standard InChI is InChI=1S/C11H19N3O5/c1-6(2)8(13-11(18)19-3)9(15)14-5-12-4-7(14)10(16)17/h6-8,12H,4-5H2,1-3H3,(H,13,18)(H,16,17). The van der Waals surface area contributed by atoms with Gasteiger partial charge in [0, 0.05) is 6.54 Å². The second-order valence-corrected chi connectivity index (χ2v) is 4.63. The minimum atomic E-state index is -1.07. The van der Waals surface area contributed by atoms with E-state index in [0.29, 0.717) is 0 Å². The molecule has 0 bridgehead atoms. The van der Waals surface area contributed by atoms with Gasteiger partial charge in [0.25, 0.3) is 0 Å². The number of alkyl carbamates (subject to hydrolysis) is 1. The summed E-state index contributed by atoms with van der Waals surface area (Å²) in [5, 5.41) is 14.3. The highest BCUT2D eigenvalue weighted by atomic mass is 16.5. The highest BCUT2D eigenvalue weighted by Crippen LogP contribution is 2.12. The highest BCUT2D eigenvalue weighted by Gasteiger charge is 2.38. The number of carbonyl (C=O) groups excluding carboxylic acids is 2. The second-order valence-electron chi connectivity index (χ2n) is 4.63. The lowest BCUT2D eigenvalue weighted by molar-refractivity contribution is -0.149. The van der Waals surface area contributed by atoms with Gasteiger partial charge in [-0.3, -0.25) is 10.1 Å². The Morgan fingerprint density at radius 1 is 1.42 bits per heavy atom. The molecular weight excluding hydrogens is 254 g/mol. The van der Waals surface area contributed by atoms with Crippen LogP contribution in [0.25, 0.3) is 0 Å². The molecule has 1 rings (SSSR count). The zero-order chi connectivity index (χ0) is 14.6. The highest BCUT2D eigenvalue weighted by molar-refractivity contribution is 5.90. The summed E-state index contributed by atoms with van der Waals surface area (Å²) >= 11 is 0. The first-order valence-electron chi connectivity index (χ1n) is 5.97. The number of carbonyl (C=O) groups is 3. The number of rotatable bonds is 4. The van der Waals surface area contributed by atoms with Gasteiger partial charge in [0.1, 0.15) is 12.1 Å². The normalized spacial score (nSPS) is 20.2. The number of ether oxygens (including phenoxy) is 1. The molecule has 108 valence electrons. The largest absolute Gasteiger partial charge is 0.480 e. The molecule has 0 spiro atoms. The maximum absolute atomic E-state index is 12.3. The molecule has 0 aromatic rings. The van der Waals surface area contributed by atoms with Crippen LogP contribution in [0, 0.1) is 5.92 Å². The van der Waals surface area contributed by atoms with E-state index in [0.717, 1.165) is 0 Å². The van der Waals surface area contributed by atoms with Crippen molar-refractivity contribution in [2.45, 2.75) is 25.9 Å². The average molecular weight is 273 g/mol. The zero-order valence-corrected chi connectivity index (χ0v) is 11.2. The number of carboxylic acids is 1. The first-order valence-corrected chi connectivity index (χ1v) is 5.97. The number of amides is 2. The average Bonchev–Trinajstić information content (AvgIpc) is 2.83. The lowest BCUT2D eigenvalue weighted by atomic mass is 10.0. The second kappa shape index (κ2) is 6.37. The van der Waals surface area contributed by atoms with Crippen molar-refractivity contribution < 1.29 is 24.2 Å². The third-order valence-corrected chi connectivity index (χ3v) is 2.96. The molecule has 0 aromatic heterocycles. The Morgan fingerprint density at radius 2 is 2.05 bits per heavy atom. The number of methoxy groups -OCH3 is 1. The Morgan fingerprint density at radius 3 is 2.53 bits per heavy atom. The van der Waals surface area contributed by atoms with Gasteiger partial charge in [-0.05, 0) is 5.92 Å². The van der Waals surface area contributed by atoms with Gasteiger partial charge in [-0.1, -0.05) is 13.8 Å². The van der Waals surface area contributed by atoms with Crippen LogP contribution < -0.4 is 10.6 Å². The van der Waals surface area contributed by atoms with Crippen molar-refractivity contribution in [2.75, 3.05) is 20.3 Å². The molecule has 1 fully saturated rings. The fourth-order valence-electron chi connectivity index (χ4n) is 1.87. The smallest absolute Gasteiger partial charge is 0.407 e. The van der Waals surface area contributed by atoms with E-state index < -0.39 is 30.1 Å².